The molecule has 0 radical (unpaired) electrons. The number of amides is 3. The van der Waals surface area contributed by atoms with Gasteiger partial charge in [-0.05, 0) is 69.6 Å². The van der Waals surface area contributed by atoms with Crippen LogP contribution in [0.5, 0.6) is 0 Å². The normalized spacial score (nSPS) is 33.6. The number of ether oxygens (including phenoxy) is 2. The highest BCUT2D eigenvalue weighted by atomic mass is 32.2. The van der Waals surface area contributed by atoms with E-state index in [9.17, 15) is 19.2 Å². The van der Waals surface area contributed by atoms with E-state index in [0.717, 1.165) is 29.3 Å². The summed E-state index contributed by atoms with van der Waals surface area (Å²) >= 11 is 1.11. The molecule has 10 nitrogen and oxygen atoms in total. The van der Waals surface area contributed by atoms with E-state index in [4.69, 9.17) is 9.47 Å². The van der Waals surface area contributed by atoms with E-state index in [1.165, 1.54) is 5.01 Å². The molecule has 2 aliphatic heterocycles. The number of thiol groups is 1. The summed E-state index contributed by atoms with van der Waals surface area (Å²) in [5, 5.41) is 7.24. The van der Waals surface area contributed by atoms with E-state index in [1.54, 1.807) is 20.8 Å². The third-order valence-corrected chi connectivity index (χ3v) is 11.1. The zero-order valence-corrected chi connectivity index (χ0v) is 29.5. The number of hydrogen-bond acceptors (Lipinski definition) is 7. The van der Waals surface area contributed by atoms with Crippen molar-refractivity contribution in [2.45, 2.75) is 116 Å². The van der Waals surface area contributed by atoms with Crippen LogP contribution in [0.1, 0.15) is 97.7 Å². The second-order valence-electron chi connectivity index (χ2n) is 14.0. The summed E-state index contributed by atoms with van der Waals surface area (Å²) in [7, 11) is 0. The molecule has 1 saturated carbocycles. The number of nitrogens with one attached hydrogen (secondary N) is 3. The maximum Gasteiger partial charge on any atom is 0.312 e. The number of rotatable bonds is 4. The molecule has 3 N–H and O–H groups in total. The first-order chi connectivity index (χ1) is 21.7. The number of hydrazine groups is 1. The van der Waals surface area contributed by atoms with Crippen molar-refractivity contribution in [1.29, 1.82) is 0 Å². The van der Waals surface area contributed by atoms with Crippen LogP contribution in [-0.2, 0) is 40.4 Å². The number of fused-ring (bicyclic) bond motifs is 4. The van der Waals surface area contributed by atoms with E-state index in [2.05, 4.69) is 48.3 Å². The first-order valence-corrected chi connectivity index (χ1v) is 18.0. The van der Waals surface area contributed by atoms with Crippen LogP contribution in [0, 0.1) is 17.3 Å². The number of allylic oxidation sites excluding steroid dienone is 1. The van der Waals surface area contributed by atoms with Gasteiger partial charge in [-0.25, -0.2) is 5.43 Å². The molecule has 1 aliphatic carbocycles. The number of cyclic esters (lactones) is 1. The van der Waals surface area contributed by atoms with Crippen LogP contribution in [0.25, 0.3) is 6.08 Å². The van der Waals surface area contributed by atoms with E-state index < -0.39 is 42.1 Å². The molecule has 1 saturated heterocycles. The predicted octanol–water partition coefficient (Wildman–Crippen LogP) is 3.83. The Morgan fingerprint density at radius 2 is 1.72 bits per heavy atom. The molecule has 0 aromatic heterocycles. The number of benzene rings is 1. The van der Waals surface area contributed by atoms with Gasteiger partial charge in [-0.2, -0.15) is 0 Å². The minimum Gasteiger partial charge on any atom is -0.452 e. The van der Waals surface area contributed by atoms with Gasteiger partial charge in [-0.15, -0.1) is 0 Å². The lowest BCUT2D eigenvalue weighted by molar-refractivity contribution is -0.168. The molecule has 2 fully saturated rings. The van der Waals surface area contributed by atoms with Gasteiger partial charge in [0.2, 0.25) is 10.8 Å². The van der Waals surface area contributed by atoms with Gasteiger partial charge in [0.25, 0.3) is 11.8 Å². The molecule has 0 spiro atoms. The van der Waals surface area contributed by atoms with Crippen LogP contribution < -0.4 is 16.1 Å². The maximum absolute atomic E-state index is 13.6. The SMILES string of the molecule is C[SH+]C1(OC2CC/C=C/c3cccc(c3)[C@@H](C)NC(=O)[C@@H]3CCCN(N3)C(=O)[C@H](C)NC(=O)[C@H](C(C)C)OC(=O)[C@@H]2C)CC1(C)C. The Bertz CT molecular complexity index is 1320. The highest BCUT2D eigenvalue weighted by Crippen LogP contribution is 2.60. The van der Waals surface area contributed by atoms with Crippen LogP contribution in [0.15, 0.2) is 30.3 Å². The predicted molar refractivity (Wildman–Crippen MR) is 181 cm³/mol. The van der Waals surface area contributed by atoms with E-state index in [1.807, 2.05) is 38.1 Å². The molecule has 3 amide bonds. The molecular weight excluding hydrogens is 604 g/mol. The summed E-state index contributed by atoms with van der Waals surface area (Å²) in [4.78, 5) is 53.3. The van der Waals surface area contributed by atoms with Crippen molar-refractivity contribution in [3.05, 3.63) is 41.5 Å². The standard InChI is InChI=1S/C35H52N4O6S/c1-21(2)29-31(41)37-24(5)32(42)39-18-12-16-27(38-39)30(40)36-23(4)26-15-11-14-25(19-26)13-9-10-17-28(22(3)33(43)44-29)45-35(46-8)20-34(35,6)7/h9,11,13-15,19,21-24,27-29,38H,10,12,16-18,20H2,1-8H3,(H,36,40)(H,37,41)/p+1/b13-9+/t22-,23-,24+,27+,28?,29+,35?/m1/s1. The van der Waals surface area contributed by atoms with Gasteiger partial charge in [0.1, 0.15) is 12.1 Å². The summed E-state index contributed by atoms with van der Waals surface area (Å²) in [5.41, 5.74) is 5.03. The fraction of sp³-hybridized carbons (Fsp3) is 0.657. The van der Waals surface area contributed by atoms with Crippen molar-refractivity contribution >= 4 is 41.5 Å². The number of carbonyl (C=O) groups is 4. The molecule has 254 valence electrons. The van der Waals surface area contributed by atoms with Gasteiger partial charge < -0.3 is 20.1 Å². The van der Waals surface area contributed by atoms with Gasteiger partial charge in [-0.1, -0.05) is 58.0 Å². The molecule has 2 unspecified atom stereocenters. The number of hydrogen-bond donors (Lipinski definition) is 3. The van der Waals surface area contributed by atoms with Gasteiger partial charge in [0.05, 0.1) is 24.3 Å². The second-order valence-corrected chi connectivity index (χ2v) is 15.2. The topological polar surface area (TPSA) is 126 Å². The molecular formula is C35H53N4O6S+. The molecule has 3 aliphatic rings. The minimum atomic E-state index is -1.08. The van der Waals surface area contributed by atoms with Crippen LogP contribution in [-0.4, -0.2) is 70.7 Å². The van der Waals surface area contributed by atoms with Crippen LogP contribution in [0.4, 0.5) is 0 Å². The smallest absolute Gasteiger partial charge is 0.312 e. The monoisotopic (exact) mass is 657 g/mol. The first kappa shape index (κ1) is 36.0. The molecule has 2 heterocycles. The molecule has 1 aromatic rings. The number of carbonyl (C=O) groups excluding carboxylic acids is 4. The summed E-state index contributed by atoms with van der Waals surface area (Å²) in [6, 6.07) is 6.30. The van der Waals surface area contributed by atoms with Crippen molar-refractivity contribution in [2.75, 3.05) is 12.8 Å². The summed E-state index contributed by atoms with van der Waals surface area (Å²) in [6.07, 6.45) is 8.11. The Morgan fingerprint density at radius 1 is 1.02 bits per heavy atom. The van der Waals surface area contributed by atoms with Crippen molar-refractivity contribution < 1.29 is 28.7 Å². The fourth-order valence-corrected chi connectivity index (χ4v) is 7.66. The summed E-state index contributed by atoms with van der Waals surface area (Å²) in [6.45, 7) is 13.7. The van der Waals surface area contributed by atoms with Crippen LogP contribution in [0.3, 0.4) is 0 Å². The lowest BCUT2D eigenvalue weighted by atomic mass is 9.98. The Hall–Kier alpha value is -2.89. The van der Waals surface area contributed by atoms with E-state index in [-0.39, 0.29) is 34.1 Å². The van der Waals surface area contributed by atoms with Crippen LogP contribution >= 0.6 is 0 Å². The minimum absolute atomic E-state index is 0.00239. The third kappa shape index (κ3) is 8.33. The Labute approximate surface area is 278 Å². The maximum atomic E-state index is 13.6. The van der Waals surface area contributed by atoms with E-state index in [0.29, 0.717) is 32.2 Å². The van der Waals surface area contributed by atoms with Crippen molar-refractivity contribution in [3.8, 4) is 0 Å². The Kier molecular flexibility index (Phi) is 11.6. The quantitative estimate of drug-likeness (QED) is 0.255. The lowest BCUT2D eigenvalue weighted by Crippen LogP contribution is -2.61. The van der Waals surface area contributed by atoms with Crippen LogP contribution in [0.2, 0.25) is 0 Å². The molecule has 46 heavy (non-hydrogen) atoms. The highest BCUT2D eigenvalue weighted by Gasteiger charge is 2.70. The molecule has 4 rings (SSSR count). The Balaban J connectivity index is 1.62. The zero-order chi connectivity index (χ0) is 33.8. The van der Waals surface area contributed by atoms with Gasteiger partial charge in [0, 0.05) is 30.1 Å². The Morgan fingerprint density at radius 3 is 2.37 bits per heavy atom. The first-order valence-electron chi connectivity index (χ1n) is 16.6. The zero-order valence-electron chi connectivity index (χ0n) is 28.6. The molecule has 4 bridgehead atoms. The average molecular weight is 658 g/mol. The molecule has 11 heteroatoms. The van der Waals surface area contributed by atoms with Gasteiger partial charge >= 0.3 is 5.97 Å². The lowest BCUT2D eigenvalue weighted by Gasteiger charge is -2.35. The van der Waals surface area contributed by atoms with Crippen molar-refractivity contribution in [1.82, 2.24) is 21.1 Å². The van der Waals surface area contributed by atoms with E-state index >= 15 is 0 Å². The molecule has 7 atom stereocenters. The summed E-state index contributed by atoms with van der Waals surface area (Å²) in [5.74, 6) is -2.54. The fourth-order valence-electron chi connectivity index (χ4n) is 6.26. The second kappa shape index (κ2) is 14.9. The largest absolute Gasteiger partial charge is 0.452 e. The summed E-state index contributed by atoms with van der Waals surface area (Å²) < 4.78 is 12.6. The van der Waals surface area contributed by atoms with Gasteiger partial charge in [0.15, 0.2) is 6.10 Å². The number of nitrogens with zero attached hydrogens (tertiary/aromatic N) is 1. The van der Waals surface area contributed by atoms with Gasteiger partial charge in [-0.3, -0.25) is 24.2 Å². The van der Waals surface area contributed by atoms with Crippen molar-refractivity contribution in [2.24, 2.45) is 17.3 Å². The average Bonchev–Trinajstić information content (AvgIpc) is 3.59. The highest BCUT2D eigenvalue weighted by molar-refractivity contribution is 7.79. The van der Waals surface area contributed by atoms with Crippen molar-refractivity contribution in [3.63, 3.8) is 0 Å². The number of esters is 1. The molecule has 1 aromatic carbocycles. The third-order valence-electron chi connectivity index (χ3n) is 9.55.